The molecule has 0 saturated carbocycles. The number of rotatable bonds is 0. The molecule has 2 heteroatoms. The Kier molecular flexibility index (Phi) is 1.52. The molecule has 0 unspecified atom stereocenters. The molecular weight excluding hydrogens is 138 g/mol. The molecule has 2 bridgehead atoms. The van der Waals surface area contributed by atoms with Crippen LogP contribution in [0.25, 0.3) is 0 Å². The van der Waals surface area contributed by atoms with E-state index in [2.05, 4.69) is 18.9 Å². The summed E-state index contributed by atoms with van der Waals surface area (Å²) in [7, 11) is 2.20. The van der Waals surface area contributed by atoms with Crippen molar-refractivity contribution in [1.82, 2.24) is 4.90 Å². The quantitative estimate of drug-likeness (QED) is 0.564. The summed E-state index contributed by atoms with van der Waals surface area (Å²) < 4.78 is 0. The van der Waals surface area contributed by atoms with Crippen molar-refractivity contribution in [1.29, 1.82) is 0 Å². The molecule has 2 rings (SSSR count). The van der Waals surface area contributed by atoms with Crippen LogP contribution in [-0.2, 0) is 0 Å². The van der Waals surface area contributed by atoms with E-state index in [1.54, 1.807) is 0 Å². The van der Waals surface area contributed by atoms with Crippen LogP contribution in [-0.4, -0.2) is 34.7 Å². The molecule has 2 fully saturated rings. The first-order valence-electron chi connectivity index (χ1n) is 4.53. The van der Waals surface area contributed by atoms with E-state index in [0.29, 0.717) is 11.6 Å². The van der Waals surface area contributed by atoms with E-state index < -0.39 is 0 Å². The highest BCUT2D eigenvalue weighted by atomic mass is 16.3. The number of aliphatic hydroxyl groups is 1. The zero-order valence-corrected chi connectivity index (χ0v) is 7.38. The summed E-state index contributed by atoms with van der Waals surface area (Å²) in [5, 5.41) is 9.55. The second-order valence-electron chi connectivity index (χ2n) is 4.39. The first kappa shape index (κ1) is 7.56. The normalized spacial score (nSPS) is 51.5. The molecule has 0 radical (unpaired) electrons. The fourth-order valence-corrected chi connectivity index (χ4v) is 2.72. The van der Waals surface area contributed by atoms with Crippen LogP contribution in [0, 0.1) is 0 Å². The maximum atomic E-state index is 9.55. The smallest absolute Gasteiger partial charge is 0.0572 e. The Morgan fingerprint density at radius 2 is 2.27 bits per heavy atom. The van der Waals surface area contributed by atoms with Crippen LogP contribution in [0.1, 0.15) is 32.6 Å². The van der Waals surface area contributed by atoms with E-state index in [9.17, 15) is 5.11 Å². The van der Waals surface area contributed by atoms with Gasteiger partial charge in [0, 0.05) is 11.6 Å². The molecule has 2 aliphatic rings. The highest BCUT2D eigenvalue weighted by Crippen LogP contribution is 2.42. The Morgan fingerprint density at radius 3 is 2.91 bits per heavy atom. The third-order valence-electron chi connectivity index (χ3n) is 3.63. The molecule has 0 aliphatic carbocycles. The zero-order chi connectivity index (χ0) is 8.06. The van der Waals surface area contributed by atoms with Crippen LogP contribution < -0.4 is 0 Å². The minimum absolute atomic E-state index is 0.0382. The second kappa shape index (κ2) is 2.20. The lowest BCUT2D eigenvalue weighted by Gasteiger charge is -2.42. The van der Waals surface area contributed by atoms with Gasteiger partial charge in [-0.1, -0.05) is 0 Å². The molecule has 0 aromatic heterocycles. The largest absolute Gasteiger partial charge is 0.393 e. The molecule has 2 nitrogen and oxygen atoms in total. The minimum atomic E-state index is -0.0382. The molecule has 64 valence electrons. The van der Waals surface area contributed by atoms with Crippen LogP contribution in [0.5, 0.6) is 0 Å². The molecule has 3 atom stereocenters. The average molecular weight is 155 g/mol. The van der Waals surface area contributed by atoms with E-state index >= 15 is 0 Å². The van der Waals surface area contributed by atoms with Crippen molar-refractivity contribution in [3.63, 3.8) is 0 Å². The summed E-state index contributed by atoms with van der Waals surface area (Å²) in [6, 6.07) is 0.656. The summed E-state index contributed by atoms with van der Waals surface area (Å²) in [4.78, 5) is 2.46. The van der Waals surface area contributed by atoms with Crippen LogP contribution in [0.2, 0.25) is 0 Å². The van der Waals surface area contributed by atoms with Crippen molar-refractivity contribution in [2.75, 3.05) is 7.05 Å². The van der Waals surface area contributed by atoms with E-state index in [0.717, 1.165) is 12.8 Å². The first-order valence-corrected chi connectivity index (χ1v) is 4.53. The average Bonchev–Trinajstić information content (AvgIpc) is 2.17. The molecule has 0 amide bonds. The van der Waals surface area contributed by atoms with Gasteiger partial charge < -0.3 is 5.11 Å². The highest BCUT2D eigenvalue weighted by Gasteiger charge is 2.46. The lowest BCUT2D eigenvalue weighted by molar-refractivity contribution is 0.00571. The molecule has 0 aromatic carbocycles. The van der Waals surface area contributed by atoms with E-state index in [4.69, 9.17) is 0 Å². The maximum absolute atomic E-state index is 9.55. The van der Waals surface area contributed by atoms with Gasteiger partial charge in [0.15, 0.2) is 0 Å². The number of piperidine rings is 1. The van der Waals surface area contributed by atoms with Gasteiger partial charge in [-0.2, -0.15) is 0 Å². The molecule has 2 heterocycles. The summed E-state index contributed by atoms with van der Waals surface area (Å²) in [6.07, 6.45) is 4.48. The van der Waals surface area contributed by atoms with Crippen molar-refractivity contribution < 1.29 is 5.11 Å². The van der Waals surface area contributed by atoms with Gasteiger partial charge in [-0.3, -0.25) is 4.90 Å². The van der Waals surface area contributed by atoms with Crippen LogP contribution in [0.4, 0.5) is 0 Å². The predicted molar refractivity (Wildman–Crippen MR) is 44.4 cm³/mol. The van der Waals surface area contributed by atoms with Crippen molar-refractivity contribution in [2.24, 2.45) is 0 Å². The zero-order valence-electron chi connectivity index (χ0n) is 7.38. The van der Waals surface area contributed by atoms with Gasteiger partial charge in [0.05, 0.1) is 6.10 Å². The fourth-order valence-electron chi connectivity index (χ4n) is 2.72. The van der Waals surface area contributed by atoms with Crippen LogP contribution in [0.15, 0.2) is 0 Å². The summed E-state index contributed by atoms with van der Waals surface area (Å²) in [5.41, 5.74) is 0.308. The topological polar surface area (TPSA) is 23.5 Å². The van der Waals surface area contributed by atoms with Gasteiger partial charge in [0.2, 0.25) is 0 Å². The first-order chi connectivity index (χ1) is 5.12. The summed E-state index contributed by atoms with van der Waals surface area (Å²) >= 11 is 0. The highest BCUT2D eigenvalue weighted by molar-refractivity contribution is 5.02. The molecule has 2 saturated heterocycles. The summed E-state index contributed by atoms with van der Waals surface area (Å²) in [6.45, 7) is 2.27. The van der Waals surface area contributed by atoms with Crippen molar-refractivity contribution in [2.45, 2.75) is 50.3 Å². The third-order valence-corrected chi connectivity index (χ3v) is 3.63. The lowest BCUT2D eigenvalue weighted by Crippen LogP contribution is -2.49. The van der Waals surface area contributed by atoms with Crippen LogP contribution in [0.3, 0.4) is 0 Å². The van der Waals surface area contributed by atoms with Crippen molar-refractivity contribution >= 4 is 0 Å². The SMILES string of the molecule is CN1[C@H]2CC[C@]1(C)C[C@@H](O)C2. The lowest BCUT2D eigenvalue weighted by atomic mass is 9.89. The number of fused-ring (bicyclic) bond motifs is 2. The van der Waals surface area contributed by atoms with Crippen molar-refractivity contribution in [3.8, 4) is 0 Å². The number of aliphatic hydroxyl groups excluding tert-OH is 1. The van der Waals surface area contributed by atoms with Crippen molar-refractivity contribution in [3.05, 3.63) is 0 Å². The molecular formula is C9H17NO. The molecule has 0 spiro atoms. The van der Waals surface area contributed by atoms with Gasteiger partial charge in [0.1, 0.15) is 0 Å². The van der Waals surface area contributed by atoms with Gasteiger partial charge in [0.25, 0.3) is 0 Å². The van der Waals surface area contributed by atoms with Gasteiger partial charge >= 0.3 is 0 Å². The molecule has 11 heavy (non-hydrogen) atoms. The molecule has 1 N–H and O–H groups in total. The standard InChI is InChI=1S/C9H17NO/c1-9-4-3-7(10(9)2)5-8(11)6-9/h7-8,11H,3-6H2,1-2H3/t7-,8-,9+/m0/s1. The molecule has 0 aromatic rings. The Labute approximate surface area is 68.2 Å². The number of hydrogen-bond acceptors (Lipinski definition) is 2. The number of nitrogens with zero attached hydrogens (tertiary/aromatic N) is 1. The van der Waals surface area contributed by atoms with Gasteiger partial charge in [-0.05, 0) is 39.7 Å². The minimum Gasteiger partial charge on any atom is -0.393 e. The third kappa shape index (κ3) is 1.00. The Hall–Kier alpha value is -0.0800. The fraction of sp³-hybridized carbons (Fsp3) is 1.00. The predicted octanol–water partition coefficient (Wildman–Crippen LogP) is 0.994. The Balaban J connectivity index is 2.20. The van der Waals surface area contributed by atoms with E-state index in [-0.39, 0.29) is 6.10 Å². The monoisotopic (exact) mass is 155 g/mol. The Morgan fingerprint density at radius 1 is 1.55 bits per heavy atom. The van der Waals surface area contributed by atoms with E-state index in [1.165, 1.54) is 12.8 Å². The van der Waals surface area contributed by atoms with Crippen LogP contribution >= 0.6 is 0 Å². The second-order valence-corrected chi connectivity index (χ2v) is 4.39. The maximum Gasteiger partial charge on any atom is 0.0572 e. The molecule has 2 aliphatic heterocycles. The van der Waals surface area contributed by atoms with Gasteiger partial charge in [-0.25, -0.2) is 0 Å². The Bertz CT molecular complexity index is 171. The van der Waals surface area contributed by atoms with E-state index in [1.807, 2.05) is 0 Å². The summed E-state index contributed by atoms with van der Waals surface area (Å²) in [5.74, 6) is 0. The number of hydrogen-bond donors (Lipinski definition) is 1. The van der Waals surface area contributed by atoms with Gasteiger partial charge in [-0.15, -0.1) is 0 Å².